The lowest BCUT2D eigenvalue weighted by molar-refractivity contribution is -0.386. The molecule has 0 bridgehead atoms. The number of aliphatic hydroxyl groups excluding tert-OH is 2. The first-order valence-corrected chi connectivity index (χ1v) is 5.96. The van der Waals surface area contributed by atoms with Gasteiger partial charge >= 0.3 is 5.97 Å². The highest BCUT2D eigenvalue weighted by Gasteiger charge is 2.33. The zero-order chi connectivity index (χ0) is 15.5. The number of hydrogen-bond acceptors (Lipinski definition) is 6. The molecule has 0 amide bonds. The summed E-state index contributed by atoms with van der Waals surface area (Å²) >= 11 is 0. The number of aliphatic hydroxyl groups is 2. The van der Waals surface area contributed by atoms with Crippen LogP contribution in [0.2, 0.25) is 0 Å². The van der Waals surface area contributed by atoms with Crippen molar-refractivity contribution in [2.75, 3.05) is 0 Å². The summed E-state index contributed by atoms with van der Waals surface area (Å²) in [6, 6.07) is 5.35. The number of rotatable bonds is 4. The number of nitrogens with zero attached hydrogens (tertiary/aromatic N) is 1. The highest BCUT2D eigenvalue weighted by atomic mass is 16.6. The number of para-hydroxylation sites is 1. The highest BCUT2D eigenvalue weighted by Crippen LogP contribution is 2.27. The molecule has 2 atom stereocenters. The maximum absolute atomic E-state index is 11.7. The normalized spacial score (nSPS) is 14.4. The van der Waals surface area contributed by atoms with Crippen molar-refractivity contribution in [2.24, 2.45) is 0 Å². The number of carbonyl (C=O) groups is 1. The largest absolute Gasteiger partial charge is 0.458 e. The van der Waals surface area contributed by atoms with Crippen LogP contribution in [-0.2, 0) is 9.53 Å². The molecule has 1 aromatic carbocycles. The first-order valence-electron chi connectivity index (χ1n) is 5.96. The predicted octanol–water partition coefficient (Wildman–Crippen LogP) is 1.33. The average molecular weight is 283 g/mol. The van der Waals surface area contributed by atoms with E-state index in [0.29, 0.717) is 0 Å². The molecule has 0 saturated heterocycles. The number of carbonyl (C=O) groups excluding carboxylic acids is 1. The third-order valence-corrected chi connectivity index (χ3v) is 2.40. The Hall–Kier alpha value is -1.99. The van der Waals surface area contributed by atoms with E-state index in [1.54, 1.807) is 20.8 Å². The second-order valence-electron chi connectivity index (χ2n) is 5.24. The fraction of sp³-hybridized carbons (Fsp3) is 0.462. The molecule has 0 aromatic heterocycles. The molecule has 0 aliphatic rings. The van der Waals surface area contributed by atoms with Crippen LogP contribution in [0.1, 0.15) is 32.4 Å². The maximum Gasteiger partial charge on any atom is 0.338 e. The first-order chi connectivity index (χ1) is 9.13. The van der Waals surface area contributed by atoms with Crippen molar-refractivity contribution < 1.29 is 24.7 Å². The third kappa shape index (κ3) is 4.01. The third-order valence-electron chi connectivity index (χ3n) is 2.40. The van der Waals surface area contributed by atoms with Gasteiger partial charge in [-0.15, -0.1) is 0 Å². The van der Waals surface area contributed by atoms with E-state index < -0.39 is 28.7 Å². The summed E-state index contributed by atoms with van der Waals surface area (Å²) in [5.74, 6) is -1.04. The topological polar surface area (TPSA) is 110 Å². The van der Waals surface area contributed by atoms with E-state index in [0.717, 1.165) is 0 Å². The molecule has 20 heavy (non-hydrogen) atoms. The van der Waals surface area contributed by atoms with Gasteiger partial charge in [0, 0.05) is 6.07 Å². The van der Waals surface area contributed by atoms with Crippen molar-refractivity contribution in [1.82, 2.24) is 0 Å². The van der Waals surface area contributed by atoms with Crippen molar-refractivity contribution >= 4 is 11.7 Å². The standard InChI is InChI=1S/C13H17NO6/c1-13(2,3)20-12(17)11(16)10(15)8-6-4-5-7-9(8)14(18)19/h4-7,10-11,15-16H,1-3H3/t10-,11-/m0/s1. The van der Waals surface area contributed by atoms with Gasteiger partial charge in [-0.05, 0) is 26.8 Å². The van der Waals surface area contributed by atoms with Gasteiger partial charge in [0.05, 0.1) is 10.5 Å². The fourth-order valence-electron chi connectivity index (χ4n) is 1.57. The minimum Gasteiger partial charge on any atom is -0.458 e. The van der Waals surface area contributed by atoms with E-state index in [1.165, 1.54) is 24.3 Å². The molecule has 0 fully saturated rings. The van der Waals surface area contributed by atoms with Crippen LogP contribution in [-0.4, -0.2) is 32.8 Å². The van der Waals surface area contributed by atoms with Crippen LogP contribution in [0.25, 0.3) is 0 Å². The van der Waals surface area contributed by atoms with Crippen LogP contribution in [0, 0.1) is 10.1 Å². The van der Waals surface area contributed by atoms with Crippen molar-refractivity contribution in [3.63, 3.8) is 0 Å². The average Bonchev–Trinajstić information content (AvgIpc) is 2.34. The van der Waals surface area contributed by atoms with Gasteiger partial charge in [0.1, 0.15) is 11.7 Å². The molecule has 0 aliphatic heterocycles. The van der Waals surface area contributed by atoms with Gasteiger partial charge in [-0.1, -0.05) is 12.1 Å². The van der Waals surface area contributed by atoms with Gasteiger partial charge in [-0.2, -0.15) is 0 Å². The van der Waals surface area contributed by atoms with Gasteiger partial charge in [0.2, 0.25) is 0 Å². The molecule has 1 aromatic rings. The summed E-state index contributed by atoms with van der Waals surface area (Å²) < 4.78 is 4.92. The SMILES string of the molecule is CC(C)(C)OC(=O)[C@@H](O)[C@@H](O)c1ccccc1[N+](=O)[O-]. The molecule has 0 saturated carbocycles. The molecule has 7 nitrogen and oxygen atoms in total. The summed E-state index contributed by atoms with van der Waals surface area (Å²) in [6.45, 7) is 4.82. The molecule has 110 valence electrons. The summed E-state index contributed by atoms with van der Waals surface area (Å²) in [4.78, 5) is 21.8. The minimum atomic E-state index is -1.89. The number of nitro benzene ring substituents is 1. The first kappa shape index (κ1) is 16.1. The molecule has 7 heteroatoms. The lowest BCUT2D eigenvalue weighted by atomic mass is 10.0. The van der Waals surface area contributed by atoms with Gasteiger partial charge in [0.25, 0.3) is 5.69 Å². The summed E-state index contributed by atoms with van der Waals surface area (Å²) in [5, 5.41) is 30.5. The van der Waals surface area contributed by atoms with E-state index in [1.807, 2.05) is 0 Å². The van der Waals surface area contributed by atoms with Crippen LogP contribution >= 0.6 is 0 Å². The Morgan fingerprint density at radius 1 is 1.30 bits per heavy atom. The molecule has 1 rings (SSSR count). The Labute approximate surface area is 116 Å². The zero-order valence-electron chi connectivity index (χ0n) is 11.4. The lowest BCUT2D eigenvalue weighted by Crippen LogP contribution is -2.35. The van der Waals surface area contributed by atoms with Crippen LogP contribution in [0.15, 0.2) is 24.3 Å². The smallest absolute Gasteiger partial charge is 0.338 e. The van der Waals surface area contributed by atoms with Gasteiger partial charge in [0.15, 0.2) is 6.10 Å². The van der Waals surface area contributed by atoms with E-state index in [9.17, 15) is 25.1 Å². The molecular weight excluding hydrogens is 266 g/mol. The maximum atomic E-state index is 11.7. The Morgan fingerprint density at radius 2 is 1.85 bits per heavy atom. The van der Waals surface area contributed by atoms with Crippen LogP contribution in [0.3, 0.4) is 0 Å². The van der Waals surface area contributed by atoms with Crippen molar-refractivity contribution in [1.29, 1.82) is 0 Å². The quantitative estimate of drug-likeness (QED) is 0.490. The van der Waals surface area contributed by atoms with Crippen molar-refractivity contribution in [3.8, 4) is 0 Å². The highest BCUT2D eigenvalue weighted by molar-refractivity contribution is 5.76. The Morgan fingerprint density at radius 3 is 2.35 bits per heavy atom. The second-order valence-corrected chi connectivity index (χ2v) is 5.24. The van der Waals surface area contributed by atoms with E-state index >= 15 is 0 Å². The number of benzene rings is 1. The van der Waals surface area contributed by atoms with Crippen molar-refractivity contribution in [2.45, 2.75) is 38.6 Å². The summed E-state index contributed by atoms with van der Waals surface area (Å²) in [6.07, 6.45) is -3.62. The Kier molecular flexibility index (Phi) is 4.80. The molecule has 0 aliphatic carbocycles. The zero-order valence-corrected chi connectivity index (χ0v) is 11.4. The number of esters is 1. The summed E-state index contributed by atoms with van der Waals surface area (Å²) in [7, 11) is 0. The number of nitro groups is 1. The monoisotopic (exact) mass is 283 g/mol. The molecule has 0 radical (unpaired) electrons. The van der Waals surface area contributed by atoms with Crippen LogP contribution in [0.5, 0.6) is 0 Å². The van der Waals surface area contributed by atoms with Gasteiger partial charge < -0.3 is 14.9 Å². The Balaban J connectivity index is 2.98. The molecule has 0 spiro atoms. The van der Waals surface area contributed by atoms with Crippen LogP contribution in [0.4, 0.5) is 5.69 Å². The fourth-order valence-corrected chi connectivity index (χ4v) is 1.57. The molecular formula is C13H17NO6. The van der Waals surface area contributed by atoms with E-state index in [4.69, 9.17) is 4.74 Å². The van der Waals surface area contributed by atoms with Crippen LogP contribution < -0.4 is 0 Å². The lowest BCUT2D eigenvalue weighted by Gasteiger charge is -2.23. The molecule has 2 N–H and O–H groups in total. The number of ether oxygens (including phenoxy) is 1. The molecule has 0 unspecified atom stereocenters. The predicted molar refractivity (Wildman–Crippen MR) is 69.9 cm³/mol. The van der Waals surface area contributed by atoms with Gasteiger partial charge in [-0.3, -0.25) is 10.1 Å². The molecule has 0 heterocycles. The van der Waals surface area contributed by atoms with Crippen molar-refractivity contribution in [3.05, 3.63) is 39.9 Å². The Bertz CT molecular complexity index is 508. The van der Waals surface area contributed by atoms with E-state index in [-0.39, 0.29) is 11.3 Å². The van der Waals surface area contributed by atoms with E-state index in [2.05, 4.69) is 0 Å². The number of hydrogen-bond donors (Lipinski definition) is 2. The second kappa shape index (κ2) is 5.98. The minimum absolute atomic E-state index is 0.143. The summed E-state index contributed by atoms with van der Waals surface area (Å²) in [5.41, 5.74) is -1.35. The van der Waals surface area contributed by atoms with Gasteiger partial charge in [-0.25, -0.2) is 4.79 Å².